The maximum absolute atomic E-state index is 5.76. The molecule has 0 saturated carbocycles. The van der Waals surface area contributed by atoms with Crippen LogP contribution in [0.5, 0.6) is 0 Å². The van der Waals surface area contributed by atoms with E-state index in [1.54, 1.807) is 7.11 Å². The van der Waals surface area contributed by atoms with Gasteiger partial charge in [0, 0.05) is 25.8 Å². The number of methoxy groups -OCH3 is 1. The fourth-order valence-electron chi connectivity index (χ4n) is 1.86. The number of hydrogen-bond donors (Lipinski definition) is 1. The third-order valence-corrected chi connectivity index (χ3v) is 2.85. The van der Waals surface area contributed by atoms with Gasteiger partial charge in [0.05, 0.1) is 25.9 Å². The number of nitrogens with one attached hydrogen (secondary N) is 1. The molecule has 1 aliphatic rings. The van der Waals surface area contributed by atoms with Crippen LogP contribution in [0.1, 0.15) is 26.7 Å². The van der Waals surface area contributed by atoms with Crippen LogP contribution in [0.4, 0.5) is 0 Å². The predicted octanol–water partition coefficient (Wildman–Crippen LogP) is 1.19. The van der Waals surface area contributed by atoms with Crippen molar-refractivity contribution in [1.29, 1.82) is 0 Å². The molecule has 4 nitrogen and oxygen atoms in total. The van der Waals surface area contributed by atoms with Crippen molar-refractivity contribution in [2.45, 2.75) is 44.9 Å². The van der Waals surface area contributed by atoms with Crippen molar-refractivity contribution in [2.75, 3.05) is 33.5 Å². The molecule has 16 heavy (non-hydrogen) atoms. The molecular weight excluding hydrogens is 206 g/mol. The van der Waals surface area contributed by atoms with E-state index in [4.69, 9.17) is 14.2 Å². The van der Waals surface area contributed by atoms with E-state index < -0.39 is 0 Å². The topological polar surface area (TPSA) is 39.7 Å². The predicted molar refractivity (Wildman–Crippen MR) is 63.7 cm³/mol. The average Bonchev–Trinajstić information content (AvgIpc) is 2.78. The Kier molecular flexibility index (Phi) is 6.96. The van der Waals surface area contributed by atoms with Crippen LogP contribution in [0.15, 0.2) is 0 Å². The van der Waals surface area contributed by atoms with E-state index in [0.717, 1.165) is 39.3 Å². The lowest BCUT2D eigenvalue weighted by Crippen LogP contribution is -2.42. The molecule has 3 atom stereocenters. The molecule has 1 fully saturated rings. The van der Waals surface area contributed by atoms with Crippen LogP contribution in [0.2, 0.25) is 0 Å². The van der Waals surface area contributed by atoms with Gasteiger partial charge in [0.1, 0.15) is 0 Å². The number of rotatable bonds is 8. The van der Waals surface area contributed by atoms with Crippen LogP contribution in [-0.4, -0.2) is 51.7 Å². The minimum Gasteiger partial charge on any atom is -0.383 e. The van der Waals surface area contributed by atoms with Gasteiger partial charge in [-0.2, -0.15) is 0 Å². The van der Waals surface area contributed by atoms with Gasteiger partial charge in [0.15, 0.2) is 0 Å². The number of ether oxygens (including phenoxy) is 3. The Hall–Kier alpha value is -0.160. The Morgan fingerprint density at radius 3 is 2.81 bits per heavy atom. The molecule has 1 heterocycles. The molecule has 0 spiro atoms. The number of hydrogen-bond acceptors (Lipinski definition) is 4. The Morgan fingerprint density at radius 1 is 1.44 bits per heavy atom. The minimum atomic E-state index is 0.298. The average molecular weight is 231 g/mol. The monoisotopic (exact) mass is 231 g/mol. The highest BCUT2D eigenvalue weighted by Crippen LogP contribution is 2.08. The molecule has 4 heteroatoms. The molecule has 1 saturated heterocycles. The van der Waals surface area contributed by atoms with Crippen molar-refractivity contribution in [1.82, 2.24) is 5.32 Å². The van der Waals surface area contributed by atoms with Crippen LogP contribution >= 0.6 is 0 Å². The lowest BCUT2D eigenvalue weighted by molar-refractivity contribution is 0.0286. The van der Waals surface area contributed by atoms with E-state index in [9.17, 15) is 0 Å². The highest BCUT2D eigenvalue weighted by molar-refractivity contribution is 4.71. The zero-order valence-corrected chi connectivity index (χ0v) is 10.7. The largest absolute Gasteiger partial charge is 0.383 e. The lowest BCUT2D eigenvalue weighted by Gasteiger charge is -2.22. The normalized spacial score (nSPS) is 24.6. The highest BCUT2D eigenvalue weighted by Gasteiger charge is 2.17. The van der Waals surface area contributed by atoms with Gasteiger partial charge in [-0.3, -0.25) is 0 Å². The summed E-state index contributed by atoms with van der Waals surface area (Å²) in [6.07, 6.45) is 2.40. The van der Waals surface area contributed by atoms with Gasteiger partial charge >= 0.3 is 0 Å². The van der Waals surface area contributed by atoms with Crippen molar-refractivity contribution < 1.29 is 14.2 Å². The van der Waals surface area contributed by atoms with Crippen molar-refractivity contribution in [3.8, 4) is 0 Å². The van der Waals surface area contributed by atoms with E-state index >= 15 is 0 Å². The quantitative estimate of drug-likeness (QED) is 0.681. The Bertz CT molecular complexity index is 172. The van der Waals surface area contributed by atoms with Crippen LogP contribution in [0, 0.1) is 0 Å². The van der Waals surface area contributed by atoms with Crippen molar-refractivity contribution in [3.63, 3.8) is 0 Å². The first kappa shape index (κ1) is 13.9. The smallest absolute Gasteiger partial charge is 0.0831 e. The van der Waals surface area contributed by atoms with Crippen LogP contribution in [-0.2, 0) is 14.2 Å². The molecule has 3 unspecified atom stereocenters. The van der Waals surface area contributed by atoms with Gasteiger partial charge < -0.3 is 19.5 Å². The second-order valence-corrected chi connectivity index (χ2v) is 4.45. The molecule has 0 aromatic carbocycles. The third kappa shape index (κ3) is 5.25. The highest BCUT2D eigenvalue weighted by atomic mass is 16.5. The van der Waals surface area contributed by atoms with Crippen molar-refractivity contribution >= 4 is 0 Å². The van der Waals surface area contributed by atoms with E-state index in [1.165, 1.54) is 0 Å². The first-order chi connectivity index (χ1) is 7.76. The van der Waals surface area contributed by atoms with E-state index in [0.29, 0.717) is 18.2 Å². The molecule has 1 N–H and O–H groups in total. The summed E-state index contributed by atoms with van der Waals surface area (Å²) in [5, 5.41) is 3.50. The maximum Gasteiger partial charge on any atom is 0.0831 e. The molecule has 1 aliphatic heterocycles. The van der Waals surface area contributed by atoms with Gasteiger partial charge in [-0.05, 0) is 19.8 Å². The second kappa shape index (κ2) is 8.01. The summed E-state index contributed by atoms with van der Waals surface area (Å²) in [4.78, 5) is 0. The third-order valence-electron chi connectivity index (χ3n) is 2.85. The maximum atomic E-state index is 5.76. The van der Waals surface area contributed by atoms with Crippen molar-refractivity contribution in [3.05, 3.63) is 0 Å². The van der Waals surface area contributed by atoms with Gasteiger partial charge in [-0.1, -0.05) is 6.92 Å². The Morgan fingerprint density at radius 2 is 2.25 bits per heavy atom. The van der Waals surface area contributed by atoms with Crippen molar-refractivity contribution in [2.24, 2.45) is 0 Å². The molecule has 0 radical (unpaired) electrons. The molecule has 0 bridgehead atoms. The molecule has 0 aliphatic carbocycles. The molecule has 96 valence electrons. The fourth-order valence-corrected chi connectivity index (χ4v) is 1.86. The molecule has 0 aromatic heterocycles. The lowest BCUT2D eigenvalue weighted by atomic mass is 10.2. The van der Waals surface area contributed by atoms with E-state index in [-0.39, 0.29) is 0 Å². The summed E-state index contributed by atoms with van der Waals surface area (Å²) in [7, 11) is 1.74. The van der Waals surface area contributed by atoms with Crippen LogP contribution in [0.3, 0.4) is 0 Å². The second-order valence-electron chi connectivity index (χ2n) is 4.45. The molecule has 0 aromatic rings. The van der Waals surface area contributed by atoms with Gasteiger partial charge in [0.2, 0.25) is 0 Å². The van der Waals surface area contributed by atoms with E-state index in [1.807, 2.05) is 0 Å². The fraction of sp³-hybridized carbons (Fsp3) is 1.00. The summed E-state index contributed by atoms with van der Waals surface area (Å²) >= 11 is 0. The summed E-state index contributed by atoms with van der Waals surface area (Å²) in [5.74, 6) is 0. The first-order valence-corrected chi connectivity index (χ1v) is 6.20. The SMILES string of the molecule is CCC(COC)NC(C)COC1CCOC1. The van der Waals surface area contributed by atoms with Crippen LogP contribution < -0.4 is 5.32 Å². The molecule has 0 amide bonds. The summed E-state index contributed by atoms with van der Waals surface area (Å²) in [6.45, 7) is 7.40. The van der Waals surface area contributed by atoms with Gasteiger partial charge in [-0.15, -0.1) is 0 Å². The van der Waals surface area contributed by atoms with Crippen LogP contribution in [0.25, 0.3) is 0 Å². The zero-order valence-electron chi connectivity index (χ0n) is 10.7. The molecule has 1 rings (SSSR count). The first-order valence-electron chi connectivity index (χ1n) is 6.20. The summed E-state index contributed by atoms with van der Waals surface area (Å²) < 4.78 is 16.2. The van der Waals surface area contributed by atoms with Gasteiger partial charge in [0.25, 0.3) is 0 Å². The Balaban J connectivity index is 2.10. The van der Waals surface area contributed by atoms with E-state index in [2.05, 4.69) is 19.2 Å². The Labute approximate surface area is 98.6 Å². The summed E-state index contributed by atoms with van der Waals surface area (Å²) in [5.41, 5.74) is 0. The molecular formula is C12H25NO3. The zero-order chi connectivity index (χ0) is 11.8. The standard InChI is InChI=1S/C12H25NO3/c1-4-11(8-14-3)13-10(2)7-16-12-5-6-15-9-12/h10-13H,4-9H2,1-3H3. The van der Waals surface area contributed by atoms with Gasteiger partial charge in [-0.25, -0.2) is 0 Å². The minimum absolute atomic E-state index is 0.298. The summed E-state index contributed by atoms with van der Waals surface area (Å²) in [6, 6.07) is 0.782.